The molecule has 0 amide bonds. The lowest BCUT2D eigenvalue weighted by Gasteiger charge is -2.15. The maximum Gasteiger partial charge on any atom is 0.159 e. The molecule has 0 saturated heterocycles. The first-order valence-corrected chi connectivity index (χ1v) is 10.6. The van der Waals surface area contributed by atoms with Crippen molar-refractivity contribution in [1.82, 2.24) is 9.97 Å². The number of nitrogens with zero attached hydrogens (tertiary/aromatic N) is 2. The third-order valence-corrected chi connectivity index (χ3v) is 5.57. The Hall–Kier alpha value is -2.68. The van der Waals surface area contributed by atoms with Crippen molar-refractivity contribution in [1.29, 1.82) is 0 Å². The summed E-state index contributed by atoms with van der Waals surface area (Å²) in [7, 11) is 0. The molecule has 0 aliphatic carbocycles. The Bertz CT molecular complexity index is 970. The SMILES string of the molecule is CCc1cccc(CC)c1-c1ncc(COc2cc(C(C)C)ccc2C)c(C)n1. The van der Waals surface area contributed by atoms with E-state index in [4.69, 9.17) is 14.7 Å². The topological polar surface area (TPSA) is 35.0 Å². The Kier molecular flexibility index (Phi) is 6.68. The molecule has 3 nitrogen and oxygen atoms in total. The molecule has 0 bridgehead atoms. The minimum Gasteiger partial charge on any atom is -0.488 e. The summed E-state index contributed by atoms with van der Waals surface area (Å²) in [5, 5.41) is 0. The fourth-order valence-corrected chi connectivity index (χ4v) is 3.57. The molecule has 0 aliphatic heterocycles. The number of aryl methyl sites for hydroxylation is 4. The van der Waals surface area contributed by atoms with Crippen LogP contribution in [0.5, 0.6) is 5.75 Å². The fraction of sp³-hybridized carbons (Fsp3) is 0.385. The summed E-state index contributed by atoms with van der Waals surface area (Å²) in [4.78, 5) is 9.57. The van der Waals surface area contributed by atoms with Gasteiger partial charge in [0.1, 0.15) is 12.4 Å². The number of hydrogen-bond donors (Lipinski definition) is 0. The smallest absolute Gasteiger partial charge is 0.159 e. The lowest BCUT2D eigenvalue weighted by atomic mass is 9.97. The zero-order valence-corrected chi connectivity index (χ0v) is 18.5. The molecule has 0 atom stereocenters. The Morgan fingerprint density at radius 3 is 2.21 bits per heavy atom. The van der Waals surface area contributed by atoms with Gasteiger partial charge in [-0.1, -0.05) is 58.0 Å². The van der Waals surface area contributed by atoms with Crippen molar-refractivity contribution in [3.63, 3.8) is 0 Å². The first-order chi connectivity index (χ1) is 13.9. The number of aromatic nitrogens is 2. The summed E-state index contributed by atoms with van der Waals surface area (Å²) in [5.41, 5.74) is 8.22. The summed E-state index contributed by atoms with van der Waals surface area (Å²) < 4.78 is 6.15. The summed E-state index contributed by atoms with van der Waals surface area (Å²) in [6.45, 7) is 13.4. The number of ether oxygens (including phenoxy) is 1. The molecular weight excluding hydrogens is 356 g/mol. The van der Waals surface area contributed by atoms with E-state index in [1.54, 1.807) is 0 Å². The molecule has 1 heterocycles. The van der Waals surface area contributed by atoms with Gasteiger partial charge in [-0.05, 0) is 60.9 Å². The second kappa shape index (κ2) is 9.21. The molecule has 0 unspecified atom stereocenters. The van der Waals surface area contributed by atoms with E-state index in [9.17, 15) is 0 Å². The van der Waals surface area contributed by atoms with E-state index in [-0.39, 0.29) is 0 Å². The van der Waals surface area contributed by atoms with Crippen molar-refractivity contribution < 1.29 is 4.74 Å². The van der Waals surface area contributed by atoms with Gasteiger partial charge in [-0.3, -0.25) is 0 Å². The summed E-state index contributed by atoms with van der Waals surface area (Å²) in [6.07, 6.45) is 3.87. The maximum absolute atomic E-state index is 6.15. The van der Waals surface area contributed by atoms with E-state index in [1.807, 2.05) is 13.1 Å². The lowest BCUT2D eigenvalue weighted by molar-refractivity contribution is 0.302. The Balaban J connectivity index is 1.86. The van der Waals surface area contributed by atoms with E-state index in [0.717, 1.165) is 41.2 Å². The minimum absolute atomic E-state index is 0.477. The molecular formula is C26H32N2O. The van der Waals surface area contributed by atoms with Crippen LogP contribution >= 0.6 is 0 Å². The van der Waals surface area contributed by atoms with E-state index in [0.29, 0.717) is 12.5 Å². The third kappa shape index (κ3) is 4.67. The van der Waals surface area contributed by atoms with Crippen molar-refractivity contribution in [2.24, 2.45) is 0 Å². The molecule has 0 saturated carbocycles. The summed E-state index contributed by atoms with van der Waals surface area (Å²) in [6, 6.07) is 12.9. The molecule has 2 aromatic carbocycles. The van der Waals surface area contributed by atoms with E-state index < -0.39 is 0 Å². The Morgan fingerprint density at radius 2 is 1.62 bits per heavy atom. The summed E-state index contributed by atoms with van der Waals surface area (Å²) >= 11 is 0. The lowest BCUT2D eigenvalue weighted by Crippen LogP contribution is -2.05. The molecule has 0 radical (unpaired) electrons. The molecule has 152 valence electrons. The van der Waals surface area contributed by atoms with Crippen LogP contribution in [0.3, 0.4) is 0 Å². The molecule has 3 rings (SSSR count). The summed E-state index contributed by atoms with van der Waals surface area (Å²) in [5.74, 6) is 2.23. The van der Waals surface area contributed by atoms with Crippen molar-refractivity contribution in [2.75, 3.05) is 0 Å². The normalized spacial score (nSPS) is 11.1. The van der Waals surface area contributed by atoms with Gasteiger partial charge in [-0.2, -0.15) is 0 Å². The minimum atomic E-state index is 0.477. The second-order valence-electron chi connectivity index (χ2n) is 7.93. The molecule has 0 spiro atoms. The monoisotopic (exact) mass is 388 g/mol. The van der Waals surface area contributed by atoms with Crippen LogP contribution in [0.15, 0.2) is 42.6 Å². The van der Waals surface area contributed by atoms with Gasteiger partial charge >= 0.3 is 0 Å². The average Bonchev–Trinajstić information content (AvgIpc) is 2.72. The number of benzene rings is 2. The molecule has 1 aromatic heterocycles. The molecule has 0 fully saturated rings. The van der Waals surface area contributed by atoms with E-state index in [2.05, 4.69) is 71.0 Å². The number of hydrogen-bond acceptors (Lipinski definition) is 3. The fourth-order valence-electron chi connectivity index (χ4n) is 3.57. The van der Waals surface area contributed by atoms with E-state index >= 15 is 0 Å². The molecule has 0 N–H and O–H groups in total. The zero-order chi connectivity index (χ0) is 21.0. The predicted octanol–water partition coefficient (Wildman–Crippen LogP) is 6.59. The zero-order valence-electron chi connectivity index (χ0n) is 18.5. The average molecular weight is 389 g/mol. The van der Waals surface area contributed by atoms with Gasteiger partial charge in [-0.15, -0.1) is 0 Å². The maximum atomic E-state index is 6.15. The van der Waals surface area contributed by atoms with Crippen molar-refractivity contribution in [3.8, 4) is 17.1 Å². The highest BCUT2D eigenvalue weighted by Gasteiger charge is 2.14. The van der Waals surface area contributed by atoms with Crippen molar-refractivity contribution in [2.45, 2.75) is 66.9 Å². The molecule has 3 heteroatoms. The standard InChI is InChI=1S/C26H32N2O/c1-7-20-10-9-11-21(8-2)25(20)26-27-15-23(19(6)28-26)16-29-24-14-22(17(3)4)13-12-18(24)5/h9-15,17H,7-8,16H2,1-6H3. The highest BCUT2D eigenvalue weighted by Crippen LogP contribution is 2.28. The van der Waals surface area contributed by atoms with Crippen LogP contribution in [-0.2, 0) is 19.4 Å². The van der Waals surface area contributed by atoms with Crippen LogP contribution in [0, 0.1) is 13.8 Å². The predicted molar refractivity (Wildman–Crippen MR) is 121 cm³/mol. The third-order valence-electron chi connectivity index (χ3n) is 5.57. The quantitative estimate of drug-likeness (QED) is 0.458. The first-order valence-electron chi connectivity index (χ1n) is 10.6. The van der Waals surface area contributed by atoms with Crippen LogP contribution in [0.4, 0.5) is 0 Å². The van der Waals surface area contributed by atoms with Crippen LogP contribution in [0.2, 0.25) is 0 Å². The highest BCUT2D eigenvalue weighted by atomic mass is 16.5. The Morgan fingerprint density at radius 1 is 0.931 bits per heavy atom. The van der Waals surface area contributed by atoms with E-state index in [1.165, 1.54) is 22.3 Å². The first kappa shape index (κ1) is 21.0. The van der Waals surface area contributed by atoms with Gasteiger partial charge in [0.25, 0.3) is 0 Å². The van der Waals surface area contributed by atoms with Gasteiger partial charge < -0.3 is 4.74 Å². The Labute approximate surface area is 175 Å². The van der Waals surface area contributed by atoms with Crippen LogP contribution in [0.1, 0.15) is 67.1 Å². The molecule has 29 heavy (non-hydrogen) atoms. The highest BCUT2D eigenvalue weighted by molar-refractivity contribution is 5.65. The van der Waals surface area contributed by atoms with Crippen molar-refractivity contribution >= 4 is 0 Å². The molecule has 3 aromatic rings. The number of rotatable bonds is 7. The van der Waals surface area contributed by atoms with Crippen LogP contribution < -0.4 is 4.74 Å². The van der Waals surface area contributed by atoms with Gasteiger partial charge in [-0.25, -0.2) is 9.97 Å². The second-order valence-corrected chi connectivity index (χ2v) is 7.93. The van der Waals surface area contributed by atoms with Gasteiger partial charge in [0, 0.05) is 23.0 Å². The largest absolute Gasteiger partial charge is 0.488 e. The molecule has 0 aliphatic rings. The van der Waals surface area contributed by atoms with Crippen LogP contribution in [-0.4, -0.2) is 9.97 Å². The van der Waals surface area contributed by atoms with Crippen molar-refractivity contribution in [3.05, 3.63) is 76.1 Å². The van der Waals surface area contributed by atoms with Gasteiger partial charge in [0.2, 0.25) is 0 Å². The van der Waals surface area contributed by atoms with Crippen LogP contribution in [0.25, 0.3) is 11.4 Å². The van der Waals surface area contributed by atoms with Gasteiger partial charge in [0.15, 0.2) is 5.82 Å². The van der Waals surface area contributed by atoms with Gasteiger partial charge in [0.05, 0.1) is 0 Å².